The van der Waals surface area contributed by atoms with Gasteiger partial charge in [0.05, 0.1) is 18.4 Å². The molecule has 4 nitrogen and oxygen atoms in total. The molecule has 5 heteroatoms. The maximum atomic E-state index is 11.9. The maximum absolute atomic E-state index is 11.9. The molecule has 1 aromatic carbocycles. The predicted octanol–water partition coefficient (Wildman–Crippen LogP) is 2.70. The molecule has 20 heavy (non-hydrogen) atoms. The van der Waals surface area contributed by atoms with Gasteiger partial charge in [-0.05, 0) is 23.6 Å². The number of rotatable bonds is 4. The Morgan fingerprint density at radius 2 is 2.05 bits per heavy atom. The van der Waals surface area contributed by atoms with Crippen molar-refractivity contribution < 1.29 is 14.3 Å². The summed E-state index contributed by atoms with van der Waals surface area (Å²) in [7, 11) is 1.37. The molecular formula is C15H19NO3S. The number of ether oxygens (including phenoxy) is 1. The zero-order chi connectivity index (χ0) is 14.7. The first-order valence-corrected chi connectivity index (χ1v) is 7.67. The van der Waals surface area contributed by atoms with E-state index in [2.05, 4.69) is 18.6 Å². The van der Waals surface area contributed by atoms with Crippen LogP contribution in [0.3, 0.4) is 0 Å². The van der Waals surface area contributed by atoms with Crippen molar-refractivity contribution in [3.8, 4) is 0 Å². The van der Waals surface area contributed by atoms with Crippen molar-refractivity contribution in [2.24, 2.45) is 5.92 Å². The SMILES string of the molecule is COC(=O)c1ccc(C2SCC(=O)N2CC(C)C)cc1. The number of amides is 1. The lowest BCUT2D eigenvalue weighted by Gasteiger charge is -2.26. The number of carbonyl (C=O) groups is 2. The van der Waals surface area contributed by atoms with E-state index in [0.717, 1.165) is 12.1 Å². The standard InChI is InChI=1S/C15H19NO3S/c1-10(2)8-16-13(17)9-20-14(16)11-4-6-12(7-5-11)15(18)19-3/h4-7,10,14H,8-9H2,1-3H3. The highest BCUT2D eigenvalue weighted by Gasteiger charge is 2.32. The maximum Gasteiger partial charge on any atom is 0.337 e. The number of benzene rings is 1. The van der Waals surface area contributed by atoms with Crippen LogP contribution in [0.1, 0.15) is 35.1 Å². The van der Waals surface area contributed by atoms with E-state index in [9.17, 15) is 9.59 Å². The molecule has 1 heterocycles. The largest absolute Gasteiger partial charge is 0.465 e. The predicted molar refractivity (Wildman–Crippen MR) is 79.5 cm³/mol. The molecule has 1 aliphatic rings. The van der Waals surface area contributed by atoms with Gasteiger partial charge in [0.1, 0.15) is 5.37 Å². The Kier molecular flexibility index (Phi) is 4.70. The lowest BCUT2D eigenvalue weighted by molar-refractivity contribution is -0.128. The van der Waals surface area contributed by atoms with E-state index in [1.807, 2.05) is 17.0 Å². The molecule has 0 N–H and O–H groups in total. The molecule has 0 aromatic heterocycles. The second kappa shape index (κ2) is 6.31. The number of carbonyl (C=O) groups excluding carboxylic acids is 2. The Hall–Kier alpha value is -1.49. The molecule has 0 spiro atoms. The molecule has 1 atom stereocenters. The second-order valence-electron chi connectivity index (χ2n) is 5.22. The van der Waals surface area contributed by atoms with Crippen LogP contribution in [0.4, 0.5) is 0 Å². The molecular weight excluding hydrogens is 274 g/mol. The lowest BCUT2D eigenvalue weighted by Crippen LogP contribution is -2.31. The normalized spacial score (nSPS) is 18.7. The summed E-state index contributed by atoms with van der Waals surface area (Å²) in [6.07, 6.45) is 0. The zero-order valence-corrected chi connectivity index (χ0v) is 12.8. The van der Waals surface area contributed by atoms with Crippen LogP contribution in [0.15, 0.2) is 24.3 Å². The molecule has 1 fully saturated rings. The van der Waals surface area contributed by atoms with Crippen molar-refractivity contribution in [1.82, 2.24) is 4.90 Å². The van der Waals surface area contributed by atoms with Crippen molar-refractivity contribution in [3.05, 3.63) is 35.4 Å². The fraction of sp³-hybridized carbons (Fsp3) is 0.467. The monoisotopic (exact) mass is 293 g/mol. The molecule has 2 rings (SSSR count). The average Bonchev–Trinajstić information content (AvgIpc) is 2.79. The van der Waals surface area contributed by atoms with Crippen LogP contribution in [0, 0.1) is 5.92 Å². The van der Waals surface area contributed by atoms with E-state index in [4.69, 9.17) is 0 Å². The summed E-state index contributed by atoms with van der Waals surface area (Å²) in [5, 5.41) is 0.0524. The minimum Gasteiger partial charge on any atom is -0.465 e. The number of thioether (sulfide) groups is 1. The van der Waals surface area contributed by atoms with E-state index in [1.54, 1.807) is 23.9 Å². The third-order valence-electron chi connectivity index (χ3n) is 3.15. The first kappa shape index (κ1) is 14.9. The van der Waals surface area contributed by atoms with Crippen LogP contribution in [0.25, 0.3) is 0 Å². The first-order valence-electron chi connectivity index (χ1n) is 6.62. The van der Waals surface area contributed by atoms with E-state index in [-0.39, 0.29) is 17.3 Å². The Bertz CT molecular complexity index is 498. The van der Waals surface area contributed by atoms with Crippen molar-refractivity contribution in [2.45, 2.75) is 19.2 Å². The fourth-order valence-corrected chi connectivity index (χ4v) is 3.42. The number of nitrogens with zero attached hydrogens (tertiary/aromatic N) is 1. The molecule has 1 saturated heterocycles. The molecule has 1 amide bonds. The van der Waals surface area contributed by atoms with E-state index < -0.39 is 0 Å². The van der Waals surface area contributed by atoms with Crippen LogP contribution < -0.4 is 0 Å². The van der Waals surface area contributed by atoms with E-state index in [1.165, 1.54) is 7.11 Å². The van der Waals surface area contributed by atoms with Crippen LogP contribution in [-0.2, 0) is 9.53 Å². The smallest absolute Gasteiger partial charge is 0.337 e. The highest BCUT2D eigenvalue weighted by atomic mass is 32.2. The van der Waals surface area contributed by atoms with Gasteiger partial charge in [0.15, 0.2) is 0 Å². The Labute approximate surface area is 123 Å². The number of methoxy groups -OCH3 is 1. The zero-order valence-electron chi connectivity index (χ0n) is 12.0. The quantitative estimate of drug-likeness (QED) is 0.801. The van der Waals surface area contributed by atoms with Gasteiger partial charge in [-0.15, -0.1) is 11.8 Å². The first-order chi connectivity index (χ1) is 9.52. The van der Waals surface area contributed by atoms with Gasteiger partial charge in [-0.2, -0.15) is 0 Å². The van der Waals surface area contributed by atoms with Crippen LogP contribution in [0.5, 0.6) is 0 Å². The molecule has 0 radical (unpaired) electrons. The highest BCUT2D eigenvalue weighted by molar-refractivity contribution is 8.00. The van der Waals surface area contributed by atoms with Gasteiger partial charge in [0.2, 0.25) is 5.91 Å². The van der Waals surface area contributed by atoms with Crippen molar-refractivity contribution >= 4 is 23.6 Å². The van der Waals surface area contributed by atoms with Gasteiger partial charge < -0.3 is 9.64 Å². The van der Waals surface area contributed by atoms with Crippen molar-refractivity contribution in [3.63, 3.8) is 0 Å². The lowest BCUT2D eigenvalue weighted by atomic mass is 10.1. The minimum atomic E-state index is -0.342. The summed E-state index contributed by atoms with van der Waals surface area (Å²) in [5.74, 6) is 0.807. The summed E-state index contributed by atoms with van der Waals surface area (Å²) in [5.41, 5.74) is 1.58. The van der Waals surface area contributed by atoms with E-state index >= 15 is 0 Å². The summed E-state index contributed by atoms with van der Waals surface area (Å²) < 4.78 is 4.68. The number of hydrogen-bond donors (Lipinski definition) is 0. The molecule has 0 aliphatic carbocycles. The van der Waals surface area contributed by atoms with Crippen LogP contribution in [-0.4, -0.2) is 36.2 Å². The number of hydrogen-bond acceptors (Lipinski definition) is 4. The van der Waals surface area contributed by atoms with E-state index in [0.29, 0.717) is 17.2 Å². The average molecular weight is 293 g/mol. The topological polar surface area (TPSA) is 46.6 Å². The van der Waals surface area contributed by atoms with Gasteiger partial charge in [0, 0.05) is 6.54 Å². The van der Waals surface area contributed by atoms with Crippen LogP contribution in [0.2, 0.25) is 0 Å². The number of esters is 1. The highest BCUT2D eigenvalue weighted by Crippen LogP contribution is 2.38. The molecule has 0 bridgehead atoms. The molecule has 1 aromatic rings. The molecule has 1 aliphatic heterocycles. The summed E-state index contributed by atoms with van der Waals surface area (Å²) in [4.78, 5) is 25.3. The summed E-state index contributed by atoms with van der Waals surface area (Å²) >= 11 is 1.63. The minimum absolute atomic E-state index is 0.0524. The van der Waals surface area contributed by atoms with Gasteiger partial charge >= 0.3 is 5.97 Å². The van der Waals surface area contributed by atoms with Gasteiger partial charge in [0.25, 0.3) is 0 Å². The Morgan fingerprint density at radius 1 is 1.40 bits per heavy atom. The second-order valence-corrected chi connectivity index (χ2v) is 6.29. The van der Waals surface area contributed by atoms with Gasteiger partial charge in [-0.1, -0.05) is 26.0 Å². The van der Waals surface area contributed by atoms with Gasteiger partial charge in [-0.3, -0.25) is 4.79 Å². The van der Waals surface area contributed by atoms with Crippen LogP contribution >= 0.6 is 11.8 Å². The third-order valence-corrected chi connectivity index (χ3v) is 4.40. The Morgan fingerprint density at radius 3 is 2.60 bits per heavy atom. The van der Waals surface area contributed by atoms with Crippen molar-refractivity contribution in [1.29, 1.82) is 0 Å². The molecule has 0 saturated carbocycles. The summed E-state index contributed by atoms with van der Waals surface area (Å²) in [6, 6.07) is 7.29. The van der Waals surface area contributed by atoms with Gasteiger partial charge in [-0.25, -0.2) is 4.79 Å². The summed E-state index contributed by atoms with van der Waals surface area (Å²) in [6.45, 7) is 4.97. The molecule has 1 unspecified atom stereocenters. The Balaban J connectivity index is 2.17. The van der Waals surface area contributed by atoms with Crippen molar-refractivity contribution in [2.75, 3.05) is 19.4 Å². The third kappa shape index (κ3) is 3.15. The fourth-order valence-electron chi connectivity index (χ4n) is 2.22. The molecule has 108 valence electrons.